The van der Waals surface area contributed by atoms with Gasteiger partial charge >= 0.3 is 0 Å². The first-order chi connectivity index (χ1) is 10.1. The van der Waals surface area contributed by atoms with E-state index in [4.69, 9.17) is 5.11 Å². The number of aromatic hydroxyl groups is 1. The Kier molecular flexibility index (Phi) is 5.67. The predicted molar refractivity (Wildman–Crippen MR) is 77.0 cm³/mol. The minimum Gasteiger partial charge on any atom is -0.507 e. The largest absolute Gasteiger partial charge is 0.507 e. The van der Waals surface area contributed by atoms with Crippen LogP contribution in [-0.2, 0) is 0 Å². The molecule has 2 rings (SSSR count). The van der Waals surface area contributed by atoms with E-state index < -0.39 is 5.82 Å². The van der Waals surface area contributed by atoms with Gasteiger partial charge in [0, 0.05) is 19.6 Å². The van der Waals surface area contributed by atoms with Crippen molar-refractivity contribution in [2.75, 3.05) is 45.9 Å². The number of hydrogen-bond donors (Lipinski definition) is 2. The molecule has 2 N–H and O–H groups in total. The van der Waals surface area contributed by atoms with Crippen LogP contribution in [0.1, 0.15) is 16.8 Å². The Labute approximate surface area is 123 Å². The molecular weight excluding hydrogens is 275 g/mol. The van der Waals surface area contributed by atoms with Gasteiger partial charge in [-0.15, -0.1) is 0 Å². The molecule has 0 amide bonds. The first kappa shape index (κ1) is 15.9. The van der Waals surface area contributed by atoms with E-state index in [2.05, 4.69) is 4.90 Å². The summed E-state index contributed by atoms with van der Waals surface area (Å²) in [5.41, 5.74) is 0.0338. The normalized spacial score (nSPS) is 17.6. The number of nitrogens with zero attached hydrogens (tertiary/aromatic N) is 2. The average molecular weight is 296 g/mol. The zero-order chi connectivity index (χ0) is 15.2. The Morgan fingerprint density at radius 2 is 1.90 bits per heavy atom. The maximum atomic E-state index is 13.2. The molecule has 6 heteroatoms. The number of β-amino-alcohol motifs (C(OH)–C–C–N with tert-alkyl or cyclic N) is 1. The molecule has 0 bridgehead atoms. The molecule has 0 spiro atoms. The number of halogens is 1. The third kappa shape index (κ3) is 4.49. The molecular formula is C15H21FN2O3. The van der Waals surface area contributed by atoms with Crippen LogP contribution in [0.4, 0.5) is 4.39 Å². The van der Waals surface area contributed by atoms with Crippen molar-refractivity contribution in [1.29, 1.82) is 0 Å². The highest BCUT2D eigenvalue weighted by Gasteiger charge is 2.19. The number of Topliss-reactive ketones (excluding diaryl/α,β-unsaturated/α-hetero) is 1. The highest BCUT2D eigenvalue weighted by molar-refractivity contribution is 6.00. The maximum absolute atomic E-state index is 13.2. The summed E-state index contributed by atoms with van der Waals surface area (Å²) >= 11 is 0. The van der Waals surface area contributed by atoms with Crippen LogP contribution < -0.4 is 0 Å². The van der Waals surface area contributed by atoms with Gasteiger partial charge in [0.1, 0.15) is 11.6 Å². The lowest BCUT2D eigenvalue weighted by atomic mass is 10.1. The first-order valence-corrected chi connectivity index (χ1v) is 7.17. The van der Waals surface area contributed by atoms with E-state index in [1.807, 2.05) is 4.90 Å². The summed E-state index contributed by atoms with van der Waals surface area (Å²) < 4.78 is 13.2. The van der Waals surface area contributed by atoms with Crippen LogP contribution in [0, 0.1) is 5.82 Å². The fourth-order valence-corrected chi connectivity index (χ4v) is 2.57. The standard InChI is InChI=1S/C15H21FN2O3/c16-12-2-3-14(20)13(10-12)15(21)11-18-5-1-4-17(6-7-18)8-9-19/h2-3,10,19-20H,1,4-9,11H2. The van der Waals surface area contributed by atoms with Gasteiger partial charge in [0.15, 0.2) is 5.78 Å². The molecule has 1 saturated heterocycles. The van der Waals surface area contributed by atoms with Crippen LogP contribution in [0.5, 0.6) is 5.75 Å². The molecule has 1 fully saturated rings. The van der Waals surface area contributed by atoms with Crippen LogP contribution >= 0.6 is 0 Å². The van der Waals surface area contributed by atoms with Gasteiger partial charge < -0.3 is 10.2 Å². The van der Waals surface area contributed by atoms with E-state index in [0.717, 1.165) is 44.7 Å². The number of phenolic OH excluding ortho intramolecular Hbond substituents is 1. The molecule has 0 radical (unpaired) electrons. The number of hydrogen-bond acceptors (Lipinski definition) is 5. The number of rotatable bonds is 5. The number of phenols is 1. The van der Waals surface area contributed by atoms with Gasteiger partial charge in [-0.05, 0) is 37.7 Å². The SMILES string of the molecule is O=C(CN1CCCN(CCO)CC1)c1cc(F)ccc1O. The maximum Gasteiger partial charge on any atom is 0.180 e. The molecule has 1 aliphatic heterocycles. The van der Waals surface area contributed by atoms with E-state index in [1.54, 1.807) is 0 Å². The Hall–Kier alpha value is -1.50. The van der Waals surface area contributed by atoms with Crippen molar-refractivity contribution < 1.29 is 19.4 Å². The zero-order valence-corrected chi connectivity index (χ0v) is 12.0. The molecule has 0 aliphatic carbocycles. The van der Waals surface area contributed by atoms with Gasteiger partial charge in [0.2, 0.25) is 0 Å². The molecule has 1 heterocycles. The topological polar surface area (TPSA) is 64.0 Å². The fraction of sp³-hybridized carbons (Fsp3) is 0.533. The van der Waals surface area contributed by atoms with E-state index >= 15 is 0 Å². The van der Waals surface area contributed by atoms with Crippen LogP contribution in [-0.4, -0.2) is 71.7 Å². The van der Waals surface area contributed by atoms with Crippen molar-refractivity contribution in [3.63, 3.8) is 0 Å². The minimum absolute atomic E-state index is 0.0338. The number of benzene rings is 1. The molecule has 0 unspecified atom stereocenters. The number of aliphatic hydroxyl groups is 1. The van der Waals surface area contributed by atoms with Gasteiger partial charge in [-0.1, -0.05) is 0 Å². The Balaban J connectivity index is 1.95. The van der Waals surface area contributed by atoms with Crippen molar-refractivity contribution in [3.05, 3.63) is 29.6 Å². The smallest absolute Gasteiger partial charge is 0.180 e. The van der Waals surface area contributed by atoms with Gasteiger partial charge in [-0.25, -0.2) is 4.39 Å². The molecule has 1 aromatic rings. The average Bonchev–Trinajstić information content (AvgIpc) is 2.67. The molecule has 0 saturated carbocycles. The number of ketones is 1. The van der Waals surface area contributed by atoms with Crippen LogP contribution in [0.3, 0.4) is 0 Å². The molecule has 5 nitrogen and oxygen atoms in total. The van der Waals surface area contributed by atoms with E-state index in [1.165, 1.54) is 6.07 Å². The van der Waals surface area contributed by atoms with Gasteiger partial charge in [-0.3, -0.25) is 14.6 Å². The number of aliphatic hydroxyl groups excluding tert-OH is 1. The Bertz CT molecular complexity index is 496. The van der Waals surface area contributed by atoms with E-state index in [9.17, 15) is 14.3 Å². The van der Waals surface area contributed by atoms with Gasteiger partial charge in [0.05, 0.1) is 18.7 Å². The second kappa shape index (κ2) is 7.49. The van der Waals surface area contributed by atoms with Crippen molar-refractivity contribution in [1.82, 2.24) is 9.80 Å². The Morgan fingerprint density at radius 3 is 2.67 bits per heavy atom. The summed E-state index contributed by atoms with van der Waals surface area (Å²) in [6, 6.07) is 3.41. The highest BCUT2D eigenvalue weighted by Crippen LogP contribution is 2.19. The summed E-state index contributed by atoms with van der Waals surface area (Å²) in [5, 5.41) is 18.6. The summed E-state index contributed by atoms with van der Waals surface area (Å²) in [6.45, 7) is 4.15. The first-order valence-electron chi connectivity index (χ1n) is 7.17. The van der Waals surface area contributed by atoms with Crippen LogP contribution in [0.25, 0.3) is 0 Å². The van der Waals surface area contributed by atoms with Crippen molar-refractivity contribution in [2.24, 2.45) is 0 Å². The third-order valence-corrected chi connectivity index (χ3v) is 3.72. The summed E-state index contributed by atoms with van der Waals surface area (Å²) in [6.07, 6.45) is 0.919. The van der Waals surface area contributed by atoms with Crippen molar-refractivity contribution in [2.45, 2.75) is 6.42 Å². The molecule has 1 aromatic carbocycles. The highest BCUT2D eigenvalue weighted by atomic mass is 19.1. The molecule has 116 valence electrons. The van der Waals surface area contributed by atoms with E-state index in [-0.39, 0.29) is 30.2 Å². The second-order valence-corrected chi connectivity index (χ2v) is 5.28. The summed E-state index contributed by atoms with van der Waals surface area (Å²) in [4.78, 5) is 16.3. The molecule has 1 aliphatic rings. The zero-order valence-electron chi connectivity index (χ0n) is 12.0. The van der Waals surface area contributed by atoms with E-state index in [0.29, 0.717) is 6.54 Å². The quantitative estimate of drug-likeness (QED) is 0.784. The molecule has 0 atom stereocenters. The van der Waals surface area contributed by atoms with Crippen molar-refractivity contribution >= 4 is 5.78 Å². The number of carbonyl (C=O) groups is 1. The molecule has 0 aromatic heterocycles. The molecule has 21 heavy (non-hydrogen) atoms. The summed E-state index contributed by atoms with van der Waals surface area (Å²) in [7, 11) is 0. The van der Waals surface area contributed by atoms with Gasteiger partial charge in [0.25, 0.3) is 0 Å². The van der Waals surface area contributed by atoms with Gasteiger partial charge in [-0.2, -0.15) is 0 Å². The lowest BCUT2D eigenvalue weighted by molar-refractivity contribution is 0.0928. The van der Waals surface area contributed by atoms with Crippen molar-refractivity contribution in [3.8, 4) is 5.75 Å². The number of carbonyl (C=O) groups excluding carboxylic acids is 1. The fourth-order valence-electron chi connectivity index (χ4n) is 2.57. The van der Waals surface area contributed by atoms with Crippen LogP contribution in [0.2, 0.25) is 0 Å². The lowest BCUT2D eigenvalue weighted by Gasteiger charge is -2.20. The minimum atomic E-state index is -0.527. The van der Waals surface area contributed by atoms with Crippen LogP contribution in [0.15, 0.2) is 18.2 Å². The Morgan fingerprint density at radius 1 is 1.19 bits per heavy atom. The monoisotopic (exact) mass is 296 g/mol. The predicted octanol–water partition coefficient (Wildman–Crippen LogP) is 0.714. The summed E-state index contributed by atoms with van der Waals surface area (Å²) in [5.74, 6) is -0.984. The third-order valence-electron chi connectivity index (χ3n) is 3.72. The second-order valence-electron chi connectivity index (χ2n) is 5.28. The lowest BCUT2D eigenvalue weighted by Crippen LogP contribution is -2.35.